The first-order valence-corrected chi connectivity index (χ1v) is 10.7. The van der Waals surface area contributed by atoms with Crippen LogP contribution in [0.2, 0.25) is 0 Å². The summed E-state index contributed by atoms with van der Waals surface area (Å²) in [6, 6.07) is 0. The van der Waals surface area contributed by atoms with Gasteiger partial charge in [0.25, 0.3) is 0 Å². The SMILES string of the molecule is Cc1noc(C)c1CC(=O)N1C[C@H](c2nc(C3CC3)no2)C2(CCN(C)CC2)C1. The van der Waals surface area contributed by atoms with Crippen LogP contribution in [0.25, 0.3) is 0 Å². The van der Waals surface area contributed by atoms with Crippen LogP contribution in [0.1, 0.15) is 66.3 Å². The van der Waals surface area contributed by atoms with E-state index >= 15 is 0 Å². The molecule has 2 aliphatic heterocycles. The molecular formula is C21H29N5O3. The van der Waals surface area contributed by atoms with Crippen molar-refractivity contribution in [2.75, 3.05) is 33.2 Å². The maximum Gasteiger partial charge on any atom is 0.232 e. The van der Waals surface area contributed by atoms with Gasteiger partial charge in [-0.3, -0.25) is 4.79 Å². The first-order chi connectivity index (χ1) is 13.9. The van der Waals surface area contributed by atoms with Crippen LogP contribution in [0.5, 0.6) is 0 Å². The van der Waals surface area contributed by atoms with Gasteiger partial charge in [-0.2, -0.15) is 4.98 Å². The quantitative estimate of drug-likeness (QED) is 0.780. The number of carbonyl (C=O) groups excluding carboxylic acids is 1. The molecule has 0 radical (unpaired) electrons. The van der Waals surface area contributed by atoms with Crippen molar-refractivity contribution >= 4 is 5.91 Å². The minimum Gasteiger partial charge on any atom is -0.361 e. The van der Waals surface area contributed by atoms with Crippen LogP contribution in [0.3, 0.4) is 0 Å². The molecule has 3 aliphatic rings. The lowest BCUT2D eigenvalue weighted by atomic mass is 9.71. The minimum atomic E-state index is 0.0221. The van der Waals surface area contributed by atoms with Crippen molar-refractivity contribution in [1.82, 2.24) is 25.1 Å². The highest BCUT2D eigenvalue weighted by Crippen LogP contribution is 2.50. The number of likely N-dealkylation sites (tertiary alicyclic amines) is 2. The van der Waals surface area contributed by atoms with Gasteiger partial charge in [0, 0.05) is 30.0 Å². The number of aryl methyl sites for hydroxylation is 2. The molecule has 1 amide bonds. The lowest BCUT2D eigenvalue weighted by Gasteiger charge is -2.40. The van der Waals surface area contributed by atoms with Gasteiger partial charge in [0.1, 0.15) is 5.76 Å². The predicted molar refractivity (Wildman–Crippen MR) is 104 cm³/mol. The van der Waals surface area contributed by atoms with Gasteiger partial charge in [-0.15, -0.1) is 0 Å². The lowest BCUT2D eigenvalue weighted by molar-refractivity contribution is -0.130. The zero-order chi connectivity index (χ0) is 20.2. The van der Waals surface area contributed by atoms with Crippen LogP contribution in [-0.4, -0.2) is 64.2 Å². The third-order valence-electron chi connectivity index (χ3n) is 7.19. The number of amides is 1. The summed E-state index contributed by atoms with van der Waals surface area (Å²) >= 11 is 0. The highest BCUT2D eigenvalue weighted by Gasteiger charge is 2.52. The fraction of sp³-hybridized carbons (Fsp3) is 0.714. The third kappa shape index (κ3) is 3.37. The highest BCUT2D eigenvalue weighted by molar-refractivity contribution is 5.79. The van der Waals surface area contributed by atoms with E-state index in [1.807, 2.05) is 18.7 Å². The Labute approximate surface area is 170 Å². The second-order valence-electron chi connectivity index (χ2n) is 9.24. The Morgan fingerprint density at radius 3 is 2.59 bits per heavy atom. The van der Waals surface area contributed by atoms with E-state index in [1.165, 1.54) is 0 Å². The molecule has 1 saturated carbocycles. The Morgan fingerprint density at radius 1 is 1.17 bits per heavy atom. The summed E-state index contributed by atoms with van der Waals surface area (Å²) in [6.07, 6.45) is 4.74. The normalized spacial score (nSPS) is 24.5. The molecule has 5 rings (SSSR count). The van der Waals surface area contributed by atoms with Crippen molar-refractivity contribution < 1.29 is 13.8 Å². The molecule has 8 heteroatoms. The first kappa shape index (κ1) is 18.8. The Morgan fingerprint density at radius 2 is 1.93 bits per heavy atom. The van der Waals surface area contributed by atoms with Crippen molar-refractivity contribution in [3.63, 3.8) is 0 Å². The second-order valence-corrected chi connectivity index (χ2v) is 9.24. The molecule has 0 aromatic carbocycles. The summed E-state index contributed by atoms with van der Waals surface area (Å²) in [5.41, 5.74) is 1.73. The molecular weight excluding hydrogens is 370 g/mol. The number of piperidine rings is 1. The monoisotopic (exact) mass is 399 g/mol. The largest absolute Gasteiger partial charge is 0.361 e. The van der Waals surface area contributed by atoms with Crippen molar-refractivity contribution in [2.45, 2.75) is 57.8 Å². The zero-order valence-electron chi connectivity index (χ0n) is 17.5. The summed E-state index contributed by atoms with van der Waals surface area (Å²) in [7, 11) is 2.16. The number of rotatable bonds is 4. The summed E-state index contributed by atoms with van der Waals surface area (Å²) in [5.74, 6) is 3.02. The van der Waals surface area contributed by atoms with Crippen LogP contribution in [0.4, 0.5) is 0 Å². The highest BCUT2D eigenvalue weighted by atomic mass is 16.5. The molecule has 0 unspecified atom stereocenters. The Hall–Kier alpha value is -2.22. The lowest BCUT2D eigenvalue weighted by Crippen LogP contribution is -2.42. The van der Waals surface area contributed by atoms with E-state index in [0.29, 0.717) is 18.9 Å². The van der Waals surface area contributed by atoms with Gasteiger partial charge < -0.3 is 18.8 Å². The van der Waals surface area contributed by atoms with E-state index in [2.05, 4.69) is 22.3 Å². The van der Waals surface area contributed by atoms with Gasteiger partial charge in [0.2, 0.25) is 11.8 Å². The van der Waals surface area contributed by atoms with Crippen molar-refractivity contribution in [2.24, 2.45) is 5.41 Å². The molecule has 1 aliphatic carbocycles. The summed E-state index contributed by atoms with van der Waals surface area (Å²) in [5, 5.41) is 8.24. The van der Waals surface area contributed by atoms with Crippen LogP contribution in [-0.2, 0) is 11.2 Å². The van der Waals surface area contributed by atoms with Crippen molar-refractivity contribution in [1.29, 1.82) is 0 Å². The Kier molecular flexibility index (Phi) is 4.49. The maximum atomic E-state index is 13.2. The predicted octanol–water partition coefficient (Wildman–Crippen LogP) is 2.43. The molecule has 2 saturated heterocycles. The standard InChI is InChI=1S/C21H29N5O3/c1-13-16(14(2)28-23-13)10-18(27)26-11-17(20-22-19(24-29-20)15-4-5-15)21(12-26)6-8-25(3)9-7-21/h15,17H,4-12H2,1-3H3/t17-/m1/s1. The van der Waals surface area contributed by atoms with Gasteiger partial charge in [0.15, 0.2) is 5.82 Å². The molecule has 8 nitrogen and oxygen atoms in total. The number of hydrogen-bond acceptors (Lipinski definition) is 7. The molecule has 2 aromatic rings. The van der Waals surface area contributed by atoms with E-state index in [-0.39, 0.29) is 17.2 Å². The van der Waals surface area contributed by atoms with E-state index in [9.17, 15) is 4.79 Å². The number of hydrogen-bond donors (Lipinski definition) is 0. The van der Waals surface area contributed by atoms with Gasteiger partial charge in [0.05, 0.1) is 18.0 Å². The van der Waals surface area contributed by atoms with Crippen molar-refractivity contribution in [3.05, 3.63) is 28.7 Å². The molecule has 29 heavy (non-hydrogen) atoms. The molecule has 3 fully saturated rings. The molecule has 1 spiro atoms. The molecule has 1 atom stereocenters. The topological polar surface area (TPSA) is 88.5 Å². The van der Waals surface area contributed by atoms with Crippen molar-refractivity contribution in [3.8, 4) is 0 Å². The van der Waals surface area contributed by atoms with Gasteiger partial charge in [-0.25, -0.2) is 0 Å². The smallest absolute Gasteiger partial charge is 0.232 e. The second kappa shape index (κ2) is 6.93. The average Bonchev–Trinajstić information content (AvgIpc) is 3.21. The summed E-state index contributed by atoms with van der Waals surface area (Å²) in [4.78, 5) is 22.3. The van der Waals surface area contributed by atoms with E-state index in [0.717, 1.165) is 74.1 Å². The van der Waals surface area contributed by atoms with Gasteiger partial charge in [-0.1, -0.05) is 10.3 Å². The maximum absolute atomic E-state index is 13.2. The summed E-state index contributed by atoms with van der Waals surface area (Å²) in [6.45, 7) is 7.24. The molecule has 0 N–H and O–H groups in total. The van der Waals surface area contributed by atoms with Gasteiger partial charge >= 0.3 is 0 Å². The molecule has 2 aromatic heterocycles. The minimum absolute atomic E-state index is 0.0221. The first-order valence-electron chi connectivity index (χ1n) is 10.7. The Balaban J connectivity index is 1.39. The number of aromatic nitrogens is 3. The average molecular weight is 399 g/mol. The third-order valence-corrected chi connectivity index (χ3v) is 7.19. The number of nitrogens with zero attached hydrogens (tertiary/aromatic N) is 5. The van der Waals surface area contributed by atoms with E-state index in [1.54, 1.807) is 0 Å². The molecule has 4 heterocycles. The van der Waals surface area contributed by atoms with E-state index in [4.69, 9.17) is 14.0 Å². The van der Waals surface area contributed by atoms with Crippen LogP contribution < -0.4 is 0 Å². The van der Waals surface area contributed by atoms with E-state index < -0.39 is 0 Å². The van der Waals surface area contributed by atoms with Crippen LogP contribution >= 0.6 is 0 Å². The molecule has 0 bridgehead atoms. The fourth-order valence-corrected chi connectivity index (χ4v) is 4.98. The fourth-order valence-electron chi connectivity index (χ4n) is 4.98. The molecule has 156 valence electrons. The van der Waals surface area contributed by atoms with Crippen LogP contribution in [0, 0.1) is 19.3 Å². The Bertz CT molecular complexity index is 888. The number of carbonyl (C=O) groups is 1. The van der Waals surface area contributed by atoms with Gasteiger partial charge in [-0.05, 0) is 59.7 Å². The zero-order valence-corrected chi connectivity index (χ0v) is 17.5. The van der Waals surface area contributed by atoms with Crippen LogP contribution in [0.15, 0.2) is 9.05 Å². The summed E-state index contributed by atoms with van der Waals surface area (Å²) < 4.78 is 11.0.